The third-order valence-electron chi connectivity index (χ3n) is 4.65. The van der Waals surface area contributed by atoms with Crippen molar-refractivity contribution in [3.05, 3.63) is 78.7 Å². The van der Waals surface area contributed by atoms with Crippen molar-refractivity contribution >= 4 is 20.7 Å². The van der Waals surface area contributed by atoms with Crippen LogP contribution in [0.4, 0.5) is 4.39 Å². The fraction of sp³-hybridized carbons (Fsp3) is 0.0870. The van der Waals surface area contributed by atoms with Gasteiger partial charge in [-0.25, -0.2) is 12.8 Å². The first-order chi connectivity index (χ1) is 14.4. The van der Waals surface area contributed by atoms with E-state index in [4.69, 9.17) is 9.47 Å². The maximum Gasteiger partial charge on any atom is 0.175 e. The first kappa shape index (κ1) is 19.8. The molecule has 0 aliphatic heterocycles. The molecule has 0 N–H and O–H groups in total. The van der Waals surface area contributed by atoms with Gasteiger partial charge in [0, 0.05) is 23.4 Å². The summed E-state index contributed by atoms with van der Waals surface area (Å²) >= 11 is 0. The van der Waals surface area contributed by atoms with E-state index in [-0.39, 0.29) is 4.90 Å². The minimum absolute atomic E-state index is 0.148. The lowest BCUT2D eigenvalue weighted by molar-refractivity contribution is 0.419. The molecule has 5 nitrogen and oxygen atoms in total. The van der Waals surface area contributed by atoms with Crippen molar-refractivity contribution in [1.29, 1.82) is 0 Å². The summed E-state index contributed by atoms with van der Waals surface area (Å²) in [7, 11) is -1.81. The third-order valence-corrected chi connectivity index (χ3v) is 5.76. The average Bonchev–Trinajstić information content (AvgIpc) is 2.74. The molecule has 0 aliphatic carbocycles. The molecule has 0 fully saturated rings. The van der Waals surface area contributed by atoms with Crippen molar-refractivity contribution in [1.82, 2.24) is 4.98 Å². The van der Waals surface area contributed by atoms with Gasteiger partial charge in [-0.15, -0.1) is 0 Å². The minimum Gasteiger partial charge on any atom is -0.494 e. The van der Waals surface area contributed by atoms with Gasteiger partial charge in [0.2, 0.25) is 0 Å². The van der Waals surface area contributed by atoms with Crippen molar-refractivity contribution in [2.75, 3.05) is 13.4 Å². The zero-order valence-corrected chi connectivity index (χ0v) is 17.1. The largest absolute Gasteiger partial charge is 0.494 e. The number of hydrogen-bond donors (Lipinski definition) is 0. The maximum absolute atomic E-state index is 14.7. The van der Waals surface area contributed by atoms with Crippen LogP contribution >= 0.6 is 0 Å². The Labute approximate surface area is 173 Å². The topological polar surface area (TPSA) is 65.5 Å². The predicted molar refractivity (Wildman–Crippen MR) is 113 cm³/mol. The molecule has 0 aliphatic rings. The summed E-state index contributed by atoms with van der Waals surface area (Å²) in [6.07, 6.45) is 2.73. The van der Waals surface area contributed by atoms with Crippen molar-refractivity contribution in [2.24, 2.45) is 0 Å². The smallest absolute Gasteiger partial charge is 0.175 e. The molecule has 4 aromatic rings. The first-order valence-electron chi connectivity index (χ1n) is 9.06. The van der Waals surface area contributed by atoms with Crippen LogP contribution in [-0.4, -0.2) is 26.8 Å². The van der Waals surface area contributed by atoms with E-state index < -0.39 is 15.7 Å². The van der Waals surface area contributed by atoms with Crippen LogP contribution in [0.2, 0.25) is 0 Å². The Balaban J connectivity index is 1.78. The van der Waals surface area contributed by atoms with Gasteiger partial charge in [-0.1, -0.05) is 18.2 Å². The molecule has 0 atom stereocenters. The van der Waals surface area contributed by atoms with E-state index in [1.807, 2.05) is 12.1 Å². The second-order valence-corrected chi connectivity index (χ2v) is 8.72. The lowest BCUT2D eigenvalue weighted by atomic mass is 10.0. The number of hydrogen-bond acceptors (Lipinski definition) is 5. The summed E-state index contributed by atoms with van der Waals surface area (Å²) in [5.74, 6) is 0.906. The molecule has 0 amide bonds. The van der Waals surface area contributed by atoms with Crippen LogP contribution in [0.1, 0.15) is 0 Å². The third kappa shape index (κ3) is 3.84. The Morgan fingerprint density at radius 1 is 0.900 bits per heavy atom. The second-order valence-electron chi connectivity index (χ2n) is 6.71. The van der Waals surface area contributed by atoms with E-state index in [1.165, 1.54) is 24.3 Å². The molecule has 1 heterocycles. The van der Waals surface area contributed by atoms with Gasteiger partial charge in [-0.05, 0) is 54.1 Å². The highest BCUT2D eigenvalue weighted by Crippen LogP contribution is 2.36. The number of benzene rings is 3. The van der Waals surface area contributed by atoms with Gasteiger partial charge in [0.05, 0.1) is 12.0 Å². The Bertz CT molecular complexity index is 1350. The number of pyridine rings is 1. The van der Waals surface area contributed by atoms with Crippen molar-refractivity contribution < 1.29 is 22.3 Å². The molecular weight excluding hydrogens is 405 g/mol. The highest BCUT2D eigenvalue weighted by molar-refractivity contribution is 7.90. The molecule has 0 radical (unpaired) electrons. The van der Waals surface area contributed by atoms with Gasteiger partial charge in [-0.3, -0.25) is 4.98 Å². The highest BCUT2D eigenvalue weighted by atomic mass is 32.2. The van der Waals surface area contributed by atoms with E-state index in [2.05, 4.69) is 4.98 Å². The fourth-order valence-corrected chi connectivity index (χ4v) is 3.88. The van der Waals surface area contributed by atoms with Crippen LogP contribution in [-0.2, 0) is 9.84 Å². The monoisotopic (exact) mass is 423 g/mol. The molecule has 1 aromatic heterocycles. The minimum atomic E-state index is -3.37. The number of aromatic nitrogens is 1. The van der Waals surface area contributed by atoms with Gasteiger partial charge >= 0.3 is 0 Å². The molecule has 0 saturated carbocycles. The molecule has 0 spiro atoms. The number of fused-ring (bicyclic) bond motifs is 1. The van der Waals surface area contributed by atoms with Gasteiger partial charge in [0.1, 0.15) is 28.6 Å². The molecular formula is C23H18FNO4S. The zero-order valence-electron chi connectivity index (χ0n) is 16.3. The van der Waals surface area contributed by atoms with Crippen LogP contribution < -0.4 is 9.47 Å². The molecule has 0 bridgehead atoms. The van der Waals surface area contributed by atoms with E-state index in [0.29, 0.717) is 33.9 Å². The Kier molecular flexibility index (Phi) is 5.13. The van der Waals surface area contributed by atoms with Crippen LogP contribution in [0.15, 0.2) is 77.8 Å². The zero-order chi connectivity index (χ0) is 21.3. The van der Waals surface area contributed by atoms with Crippen LogP contribution in [0.25, 0.3) is 22.0 Å². The fourth-order valence-electron chi connectivity index (χ4n) is 3.23. The number of nitrogens with zero attached hydrogens (tertiary/aromatic N) is 1. The van der Waals surface area contributed by atoms with Gasteiger partial charge in [-0.2, -0.15) is 0 Å². The summed E-state index contributed by atoms with van der Waals surface area (Å²) in [4.78, 5) is 4.50. The number of methoxy groups -OCH3 is 1. The SMILES string of the molecule is COc1cccc2c(-c3cc(Oc4cccc(S(C)(=O)=O)c4)ccc3F)ccnc12. The van der Waals surface area contributed by atoms with E-state index in [9.17, 15) is 12.8 Å². The summed E-state index contributed by atoms with van der Waals surface area (Å²) in [6, 6.07) is 17.8. The van der Waals surface area contributed by atoms with E-state index in [0.717, 1.165) is 11.6 Å². The van der Waals surface area contributed by atoms with Crippen LogP contribution in [0, 0.1) is 5.82 Å². The molecule has 0 saturated heterocycles. The Morgan fingerprint density at radius 2 is 1.67 bits per heavy atom. The van der Waals surface area contributed by atoms with Crippen molar-refractivity contribution in [3.63, 3.8) is 0 Å². The van der Waals surface area contributed by atoms with Gasteiger partial charge < -0.3 is 9.47 Å². The van der Waals surface area contributed by atoms with Gasteiger partial charge in [0.25, 0.3) is 0 Å². The number of rotatable bonds is 5. The summed E-state index contributed by atoms with van der Waals surface area (Å²) < 4.78 is 49.5. The Hall–Kier alpha value is -3.45. The Morgan fingerprint density at radius 3 is 2.43 bits per heavy atom. The lowest BCUT2D eigenvalue weighted by Crippen LogP contribution is -1.97. The highest BCUT2D eigenvalue weighted by Gasteiger charge is 2.14. The number of sulfone groups is 1. The number of para-hydroxylation sites is 1. The lowest BCUT2D eigenvalue weighted by Gasteiger charge is -2.12. The summed E-state index contributed by atoms with van der Waals surface area (Å²) in [6.45, 7) is 0. The van der Waals surface area contributed by atoms with Gasteiger partial charge in [0.15, 0.2) is 9.84 Å². The molecule has 30 heavy (non-hydrogen) atoms. The second kappa shape index (κ2) is 7.76. The molecule has 152 valence electrons. The van der Waals surface area contributed by atoms with Crippen LogP contribution in [0.5, 0.6) is 17.2 Å². The molecule has 0 unspecified atom stereocenters. The average molecular weight is 423 g/mol. The van der Waals surface area contributed by atoms with E-state index >= 15 is 0 Å². The standard InChI is InChI=1S/C23H18FNO4S/c1-28-22-8-4-7-19-18(11-12-25-23(19)22)20-14-16(9-10-21(20)24)29-15-5-3-6-17(13-15)30(2,26)27/h3-14H,1-2H3. The maximum atomic E-state index is 14.7. The molecule has 3 aromatic carbocycles. The summed E-state index contributed by atoms with van der Waals surface area (Å²) in [5, 5.41) is 0.743. The normalized spacial score (nSPS) is 11.4. The van der Waals surface area contributed by atoms with Crippen molar-refractivity contribution in [3.8, 4) is 28.4 Å². The quantitative estimate of drug-likeness (QED) is 0.439. The molecule has 4 rings (SSSR count). The number of ether oxygens (including phenoxy) is 2. The first-order valence-corrected chi connectivity index (χ1v) is 11.0. The summed E-state index contributed by atoms with van der Waals surface area (Å²) in [5.41, 5.74) is 1.61. The number of halogens is 1. The van der Waals surface area contributed by atoms with Crippen molar-refractivity contribution in [2.45, 2.75) is 4.90 Å². The predicted octanol–water partition coefficient (Wildman–Crippen LogP) is 5.25. The van der Waals surface area contributed by atoms with E-state index in [1.54, 1.807) is 43.6 Å². The molecule has 7 heteroatoms. The van der Waals surface area contributed by atoms with Crippen LogP contribution in [0.3, 0.4) is 0 Å².